The molecule has 0 saturated carbocycles. The number of carbonyl (C=O) groups excluding carboxylic acids is 6. The van der Waals surface area contributed by atoms with Gasteiger partial charge in [-0.25, -0.2) is 61.8 Å². The standard InChI is InChI=1S/C42H53FN11O12PSSi.C41H51FN11O13PSSi/c1-10-24-29(26(43)38(62-24)53-20-47-27-32(45-19-46-33(27)53)49-36(56)23-14-12-11-13-15-23)65-67(68,60-17-16-44-7)61-18-25-30(66-69(8,9)42(4,5)6)31(64-41(58)59)39(63-25)54-21-48-28-34(54)50-40(52-37(28)57)51-35(55)22(2)3;1-21(2)34(55)50-39-49-33-27(36(57)51-39)47-20-53(33)38-30(64-40(58)59)29(66-69(7,8)41(3,4)5)24(63-38)17-61-67(68,60-15-14-43-6)65-28-23(16-54)62-37(25(28)42)52-19-46-26-31(44-18-45-32(26)52)48-35(56)22-12-10-9-11-13-22/h11-15,19-22,24-26,29-31,38-39H,10,16-18H2,1-6,8-9H3,(H,58,59)(H,45,46,49,56)(H2,50,51,52,55,57);9-13,18-21,23-25,28-30,37-38,54H,14-17H2,1-5,7-8H3,(H,58,59)(H,44,45,48,56)(H2,49,50,51,55,57)/p-2/t24-,25-,26?,29+,30+,31?,38-,39-,67?;23-,24-,25?,28+,29+,30?,37-,38-,67?/m11/s1. The number of aliphatic hydroxyl groups is 1. The van der Waals surface area contributed by atoms with Crippen molar-refractivity contribution in [3.8, 4) is 0 Å². The number of imidazole rings is 4. The summed E-state index contributed by atoms with van der Waals surface area (Å²) in [7, 11) is -5.71. The number of H-pyrrole nitrogens is 2. The first-order valence-corrected chi connectivity index (χ1v) is 54.3. The summed E-state index contributed by atoms with van der Waals surface area (Å²) in [5, 5.41) is 44.7. The third-order valence-electron chi connectivity index (χ3n) is 23.6. The van der Waals surface area contributed by atoms with E-state index < -0.39 is 217 Å². The minimum Gasteiger partial charge on any atom is -0.539 e. The van der Waals surface area contributed by atoms with E-state index in [0.29, 0.717) is 11.1 Å². The van der Waals surface area contributed by atoms with E-state index >= 15 is 8.78 Å². The maximum Gasteiger partial charge on any atom is 0.328 e. The monoisotopic (exact) mass is 2030 g/mol. The van der Waals surface area contributed by atoms with Crippen molar-refractivity contribution >= 4 is 158 Å². The lowest BCUT2D eigenvalue weighted by Crippen LogP contribution is -2.51. The number of halogens is 2. The molecule has 4 saturated heterocycles. The van der Waals surface area contributed by atoms with Gasteiger partial charge in [-0.1, -0.05) is 113 Å². The van der Waals surface area contributed by atoms with E-state index in [1.807, 2.05) is 67.7 Å². The third kappa shape index (κ3) is 23.2. The molecule has 4 aliphatic rings. The number of carboxylic acid groups (broad SMARTS) is 2. The normalized spacial score (nSPS) is 23.8. The van der Waals surface area contributed by atoms with Crippen molar-refractivity contribution < 1.29 is 117 Å². The molecule has 0 radical (unpaired) electrons. The number of nitrogens with one attached hydrogen (secondary N) is 6. The molecule has 4 amide bonds. The number of aromatic nitrogens is 16. The number of benzene rings is 2. The van der Waals surface area contributed by atoms with Gasteiger partial charge in [0.2, 0.25) is 36.8 Å². The molecule has 2 aromatic carbocycles. The van der Waals surface area contributed by atoms with Crippen molar-refractivity contribution in [1.29, 1.82) is 0 Å². The smallest absolute Gasteiger partial charge is 0.328 e. The molecule has 55 heteroatoms. The van der Waals surface area contributed by atoms with E-state index in [9.17, 15) is 53.7 Å². The van der Waals surface area contributed by atoms with Gasteiger partial charge in [0.05, 0.1) is 63.4 Å². The molecule has 138 heavy (non-hydrogen) atoms. The summed E-state index contributed by atoms with van der Waals surface area (Å²) in [6.45, 7) is 31.3. The molecule has 740 valence electrons. The Kier molecular flexibility index (Phi) is 32.6. The fourth-order valence-electron chi connectivity index (χ4n) is 14.4. The van der Waals surface area contributed by atoms with Gasteiger partial charge in [-0.15, -0.1) is 0 Å². The van der Waals surface area contributed by atoms with E-state index in [2.05, 4.69) is 90.8 Å². The second-order valence-electron chi connectivity index (χ2n) is 35.6. The van der Waals surface area contributed by atoms with Crippen LogP contribution in [0.1, 0.15) is 128 Å². The highest BCUT2D eigenvalue weighted by atomic mass is 32.5. The molecule has 0 bridgehead atoms. The number of alkyl halides is 2. The molecule has 0 spiro atoms. The molecule has 14 rings (SSSR count). The fourth-order valence-corrected chi connectivity index (χ4v) is 21.2. The first kappa shape index (κ1) is 104. The molecule has 6 unspecified atom stereocenters. The lowest BCUT2D eigenvalue weighted by atomic mass is 10.1. The predicted octanol–water partition coefficient (Wildman–Crippen LogP) is 8.64. The van der Waals surface area contributed by atoms with Gasteiger partial charge in [0.15, 0.2) is 110 Å². The minimum absolute atomic E-state index is 0.0372. The van der Waals surface area contributed by atoms with Crippen LogP contribution in [0, 0.1) is 25.0 Å². The van der Waals surface area contributed by atoms with E-state index in [4.69, 9.17) is 101 Å². The van der Waals surface area contributed by atoms with Crippen molar-refractivity contribution in [2.45, 2.75) is 217 Å². The molecule has 12 heterocycles. The van der Waals surface area contributed by atoms with Crippen molar-refractivity contribution in [3.63, 3.8) is 0 Å². The van der Waals surface area contributed by atoms with Crippen LogP contribution in [0.3, 0.4) is 0 Å². The quantitative estimate of drug-likeness (QED) is 0.00634. The summed E-state index contributed by atoms with van der Waals surface area (Å²) in [5.74, 6) is -3.06. The van der Waals surface area contributed by atoms with Crippen LogP contribution in [0.4, 0.5) is 41.9 Å². The molecule has 4 aliphatic heterocycles. The number of aliphatic hydroxyl groups excluding tert-OH is 1. The topological polar surface area (TPSA) is 569 Å². The lowest BCUT2D eigenvalue weighted by molar-refractivity contribution is -0.293. The number of nitrogens with zero attached hydrogens (tertiary/aromatic N) is 16. The Labute approximate surface area is 798 Å². The Balaban J connectivity index is 0.000000233. The van der Waals surface area contributed by atoms with Crippen LogP contribution in [0.25, 0.3) is 54.3 Å². The van der Waals surface area contributed by atoms with Crippen LogP contribution in [-0.4, -0.2) is 255 Å². The largest absolute Gasteiger partial charge is 0.539 e. The summed E-state index contributed by atoms with van der Waals surface area (Å²) in [6, 6.07) is 16.8. The summed E-state index contributed by atoms with van der Waals surface area (Å²) in [5.41, 5.74) is -0.791. The van der Waals surface area contributed by atoms with E-state index in [-0.39, 0.29) is 101 Å². The summed E-state index contributed by atoms with van der Waals surface area (Å²) in [6.07, 6.45) is -19.6. The second-order valence-corrected chi connectivity index (χ2v) is 51.1. The average molecular weight is 2030 g/mol. The molecule has 4 fully saturated rings. The zero-order chi connectivity index (χ0) is 100. The Morgan fingerprint density at radius 2 is 0.870 bits per heavy atom. The Morgan fingerprint density at radius 1 is 0.514 bits per heavy atom. The maximum absolute atomic E-state index is 17.0. The Bertz CT molecular complexity index is 6060. The van der Waals surface area contributed by atoms with Crippen LogP contribution < -0.4 is 42.6 Å². The van der Waals surface area contributed by atoms with Crippen LogP contribution in [-0.2, 0) is 97.6 Å². The number of hydrogen-bond donors (Lipinski definition) is 7. The average Bonchev–Trinajstić information content (AvgIpc) is 1.59. The molecule has 7 N–H and O–H groups in total. The Morgan fingerprint density at radius 3 is 1.22 bits per heavy atom. The van der Waals surface area contributed by atoms with Gasteiger partial charge < -0.3 is 101 Å². The van der Waals surface area contributed by atoms with Gasteiger partial charge in [-0.05, 0) is 90.6 Å². The summed E-state index contributed by atoms with van der Waals surface area (Å²) >= 11 is 11.8. The Hall–Kier alpha value is -11.3. The number of anilines is 4. The maximum atomic E-state index is 17.0. The summed E-state index contributed by atoms with van der Waals surface area (Å²) < 4.78 is 126. The van der Waals surface area contributed by atoms with Crippen molar-refractivity contribution in [1.82, 2.24) is 78.1 Å². The number of carbonyl (C=O) groups is 6. The van der Waals surface area contributed by atoms with Crippen LogP contribution in [0.15, 0.2) is 108 Å². The van der Waals surface area contributed by atoms with E-state index in [0.717, 1.165) is 6.33 Å². The fraction of sp³-hybridized carbons (Fsp3) is 0.518. The number of fused-ring (bicyclic) bond motifs is 4. The van der Waals surface area contributed by atoms with Gasteiger partial charge in [0, 0.05) is 23.0 Å². The van der Waals surface area contributed by atoms with Crippen molar-refractivity contribution in [2.75, 3.05) is 67.4 Å². The number of rotatable bonds is 36. The molecule has 0 aliphatic carbocycles. The van der Waals surface area contributed by atoms with Crippen LogP contribution >= 0.6 is 13.4 Å². The highest BCUT2D eigenvalue weighted by molar-refractivity contribution is 8.07. The van der Waals surface area contributed by atoms with Crippen LogP contribution in [0.5, 0.6) is 0 Å². The molecular formula is C83H102F2N22O25P2S2Si2-2. The lowest BCUT2D eigenvalue weighted by Gasteiger charge is -2.41. The predicted molar refractivity (Wildman–Crippen MR) is 495 cm³/mol. The molecule has 8 aromatic heterocycles. The summed E-state index contributed by atoms with van der Waals surface area (Å²) in [4.78, 5) is 156. The molecular weight excluding hydrogens is 1930 g/mol. The minimum atomic E-state index is -4.20. The first-order valence-electron chi connectivity index (χ1n) is 43.4. The van der Waals surface area contributed by atoms with Crippen molar-refractivity contribution in [3.05, 3.63) is 153 Å². The SMILES string of the molecule is [C-]#[N+]CCOP(=S)(OC[C@H]1O[C@@H](n2cnc3c(=O)[nH]c(NC(=O)C(C)C)nc32)C(OC(=O)[O-])[C@H]1O[Si](C)(C)C(C)(C)C)O[C@@H]1C(F)[C@H](n2cnc3c(NC(=O)c4ccccc4)ncnc32)O[C@@H]1CC.[C-]#[N+]CCOP(=S)(OC[C@H]1O[C@@H](n2cnc3c(=O)[nH]c(NC(=O)C(C)C)nc32)C(OC(=O)[O-])[C@H]1O[Si](C)(C)C(C)(C)C)O[C@@H]1C(F)[C@H](n2cnc3c(NC(=O)c4ccccc4)ncnc32)O[C@@H]1CO. The molecule has 18 atom stereocenters. The second kappa shape index (κ2) is 43.2. The number of ether oxygens (including phenoxy) is 6. The van der Waals surface area contributed by atoms with Gasteiger partial charge in [0.25, 0.3) is 35.2 Å². The van der Waals surface area contributed by atoms with Crippen molar-refractivity contribution in [2.24, 2.45) is 11.8 Å². The first-order chi connectivity index (χ1) is 65.3. The van der Waals surface area contributed by atoms with Gasteiger partial charge in [-0.2, -0.15) is 9.97 Å². The highest BCUT2D eigenvalue weighted by Gasteiger charge is 2.57. The van der Waals surface area contributed by atoms with E-state index in [1.54, 1.807) is 95.3 Å². The number of hydrogen-bond acceptors (Lipinski definition) is 37. The molecule has 10 aromatic rings. The highest BCUT2D eigenvalue weighted by Crippen LogP contribution is 2.58. The van der Waals surface area contributed by atoms with Gasteiger partial charge in [0.1, 0.15) is 68.6 Å². The number of aromatic amines is 2. The van der Waals surface area contributed by atoms with Gasteiger partial charge in [-0.3, -0.25) is 76.7 Å². The van der Waals surface area contributed by atoms with Gasteiger partial charge >= 0.3 is 13.4 Å². The molecule has 47 nitrogen and oxygen atoms in total. The number of amides is 4. The zero-order valence-electron chi connectivity index (χ0n) is 77.2. The van der Waals surface area contributed by atoms with E-state index in [1.165, 1.54) is 49.9 Å². The zero-order valence-corrected chi connectivity index (χ0v) is 82.6. The third-order valence-corrected chi connectivity index (χ3v) is 37.2. The van der Waals surface area contributed by atoms with Crippen LogP contribution in [0.2, 0.25) is 36.3 Å².